The van der Waals surface area contributed by atoms with Crippen molar-refractivity contribution in [2.75, 3.05) is 25.5 Å². The second-order valence-electron chi connectivity index (χ2n) is 9.59. The number of halogens is 1. The van der Waals surface area contributed by atoms with E-state index >= 15 is 0 Å². The number of ether oxygens (including phenoxy) is 1. The average molecular weight is 601 g/mol. The van der Waals surface area contributed by atoms with Crippen LogP contribution in [-0.2, 0) is 9.59 Å². The lowest BCUT2D eigenvalue weighted by Crippen LogP contribution is -2.29. The molecular weight excluding hydrogens is 563 g/mol. The zero-order valence-electron chi connectivity index (χ0n) is 22.9. The zero-order valence-corrected chi connectivity index (χ0v) is 23.7. The number of aliphatic carboxylic acids is 2. The fourth-order valence-corrected chi connectivity index (χ4v) is 5.60. The van der Waals surface area contributed by atoms with Gasteiger partial charge in [0.15, 0.2) is 0 Å². The summed E-state index contributed by atoms with van der Waals surface area (Å²) in [4.78, 5) is 30.1. The van der Waals surface area contributed by atoms with Gasteiger partial charge in [0.2, 0.25) is 5.95 Å². The highest BCUT2D eigenvalue weighted by Crippen LogP contribution is 2.41. The van der Waals surface area contributed by atoms with Crippen molar-refractivity contribution in [3.63, 3.8) is 0 Å². The number of thiophene rings is 1. The van der Waals surface area contributed by atoms with Crippen molar-refractivity contribution in [1.29, 1.82) is 0 Å². The van der Waals surface area contributed by atoms with Crippen molar-refractivity contribution in [3.05, 3.63) is 47.5 Å². The van der Waals surface area contributed by atoms with Gasteiger partial charge in [0.25, 0.3) is 0 Å². The molecule has 0 amide bonds. The molecular formula is C29H37FN6O5S. The van der Waals surface area contributed by atoms with Gasteiger partial charge in [0.05, 0.1) is 41.4 Å². The maximum Gasteiger partial charge on any atom is 0.303 e. The molecule has 5 rings (SSSR count). The number of fused-ring (bicyclic) bond motifs is 1. The lowest BCUT2D eigenvalue weighted by Gasteiger charge is -2.22. The van der Waals surface area contributed by atoms with Crippen LogP contribution in [-0.4, -0.2) is 62.1 Å². The monoisotopic (exact) mass is 600 g/mol. The summed E-state index contributed by atoms with van der Waals surface area (Å²) >= 11 is 1.61. The first-order valence-corrected chi connectivity index (χ1v) is 14.1. The lowest BCUT2D eigenvalue weighted by molar-refractivity contribution is -0.139. The number of hydrogen-bond donors (Lipinski definition) is 4. The van der Waals surface area contributed by atoms with E-state index in [1.807, 2.05) is 24.0 Å². The molecule has 4 aromatic rings. The number of unbranched alkanes of at least 4 members (excludes halogenated alkanes) is 1. The fraction of sp³-hybridized carbons (Fsp3) is 0.414. The molecule has 1 aliphatic heterocycles. The molecule has 0 radical (unpaired) electrons. The second-order valence-corrected chi connectivity index (χ2v) is 10.9. The second kappa shape index (κ2) is 15.2. The largest absolute Gasteiger partial charge is 0.496 e. The third-order valence-corrected chi connectivity index (χ3v) is 7.64. The van der Waals surface area contributed by atoms with Gasteiger partial charge in [-0.1, -0.05) is 7.43 Å². The Hall–Kier alpha value is -4.10. The number of piperidine rings is 1. The van der Waals surface area contributed by atoms with Crippen LogP contribution >= 0.6 is 11.3 Å². The maximum absolute atomic E-state index is 13.7. The number of nitrogens with one attached hydrogen (secondary N) is 2. The Morgan fingerprint density at radius 3 is 2.50 bits per heavy atom. The summed E-state index contributed by atoms with van der Waals surface area (Å²) in [5, 5.41) is 27.4. The van der Waals surface area contributed by atoms with Crippen LogP contribution in [0, 0.1) is 12.7 Å². The maximum atomic E-state index is 13.7. The average Bonchev–Trinajstić information content (AvgIpc) is 3.55. The third kappa shape index (κ3) is 8.46. The summed E-state index contributed by atoms with van der Waals surface area (Å²) in [5.41, 5.74) is 3.42. The first-order valence-electron chi connectivity index (χ1n) is 13.3. The number of benzene rings is 1. The highest BCUT2D eigenvalue weighted by Gasteiger charge is 2.19. The molecule has 0 unspecified atom stereocenters. The molecule has 42 heavy (non-hydrogen) atoms. The zero-order chi connectivity index (χ0) is 29.4. The number of carboxylic acid groups (broad SMARTS) is 2. The number of carbonyl (C=O) groups is 2. The molecule has 1 fully saturated rings. The van der Waals surface area contributed by atoms with E-state index in [9.17, 15) is 14.0 Å². The standard InChI is InChI=1S/C22H23FN6OS.C6H10O4.CH4/c1-13-20(17-4-3-14(23)9-18(17)30-2)21-19(31-13)11-25-22(28-21)27-15-10-26-29(12-15)16-5-7-24-8-6-16;7-5(8)3-1-2-4-6(9)10;/h3-4,9-12,16,24H,5-8H2,1-2H3,(H,25,27,28);1-4H2,(H,7,8)(H,9,10);1H4. The fourth-order valence-electron chi connectivity index (χ4n) is 4.61. The molecule has 4 heterocycles. The predicted octanol–water partition coefficient (Wildman–Crippen LogP) is 6.03. The van der Waals surface area contributed by atoms with E-state index in [0.717, 1.165) is 57.8 Å². The predicted molar refractivity (Wildman–Crippen MR) is 161 cm³/mol. The molecule has 13 heteroatoms. The van der Waals surface area contributed by atoms with E-state index < -0.39 is 11.9 Å². The molecule has 0 saturated carbocycles. The number of methoxy groups -OCH3 is 1. The molecule has 3 aromatic heterocycles. The summed E-state index contributed by atoms with van der Waals surface area (Å²) in [6.07, 6.45) is 8.79. The number of anilines is 2. The molecule has 1 aliphatic rings. The normalized spacial score (nSPS) is 13.1. The van der Waals surface area contributed by atoms with Gasteiger partial charge >= 0.3 is 11.9 Å². The van der Waals surface area contributed by atoms with Crippen LogP contribution in [0.5, 0.6) is 5.75 Å². The minimum atomic E-state index is -0.870. The molecule has 1 aromatic carbocycles. The Bertz CT molecular complexity index is 1490. The topological polar surface area (TPSA) is 151 Å². The van der Waals surface area contributed by atoms with Crippen LogP contribution in [0.3, 0.4) is 0 Å². The number of hydrogen-bond acceptors (Lipinski definition) is 9. The van der Waals surface area contributed by atoms with Gasteiger partial charge in [0, 0.05) is 41.1 Å². The van der Waals surface area contributed by atoms with Crippen molar-refractivity contribution < 1.29 is 28.9 Å². The lowest BCUT2D eigenvalue weighted by atomic mass is 10.0. The van der Waals surface area contributed by atoms with E-state index in [4.69, 9.17) is 19.9 Å². The van der Waals surface area contributed by atoms with Gasteiger partial charge in [-0.3, -0.25) is 14.3 Å². The van der Waals surface area contributed by atoms with E-state index in [1.165, 1.54) is 12.1 Å². The Morgan fingerprint density at radius 1 is 1.17 bits per heavy atom. The molecule has 226 valence electrons. The third-order valence-electron chi connectivity index (χ3n) is 6.61. The SMILES string of the molecule is C.COc1cc(F)ccc1-c1c(C)sc2cnc(Nc3cnn(C4CCNCC4)c3)nc12.O=C(O)CCCCC(=O)O. The van der Waals surface area contributed by atoms with Crippen molar-refractivity contribution >= 4 is 45.1 Å². The van der Waals surface area contributed by atoms with Crippen molar-refractivity contribution in [2.45, 2.75) is 58.9 Å². The summed E-state index contributed by atoms with van der Waals surface area (Å²) in [5.74, 6) is -1.09. The summed E-state index contributed by atoms with van der Waals surface area (Å²) < 4.78 is 22.1. The van der Waals surface area contributed by atoms with E-state index in [2.05, 4.69) is 20.7 Å². The first kappa shape index (κ1) is 32.4. The first-order chi connectivity index (χ1) is 19.7. The molecule has 0 bridgehead atoms. The van der Waals surface area contributed by atoms with Crippen LogP contribution in [0.2, 0.25) is 0 Å². The van der Waals surface area contributed by atoms with Gasteiger partial charge in [-0.05, 0) is 57.8 Å². The van der Waals surface area contributed by atoms with Gasteiger partial charge < -0.3 is 25.6 Å². The molecule has 0 aliphatic carbocycles. The van der Waals surface area contributed by atoms with Gasteiger partial charge in [0.1, 0.15) is 11.6 Å². The molecule has 11 nitrogen and oxygen atoms in total. The molecule has 4 N–H and O–H groups in total. The summed E-state index contributed by atoms with van der Waals surface area (Å²) in [7, 11) is 1.55. The van der Waals surface area contributed by atoms with E-state index in [0.29, 0.717) is 30.6 Å². The van der Waals surface area contributed by atoms with Crippen molar-refractivity contribution in [2.24, 2.45) is 0 Å². The van der Waals surface area contributed by atoms with Gasteiger partial charge in [-0.15, -0.1) is 11.3 Å². The van der Waals surface area contributed by atoms with Gasteiger partial charge in [-0.2, -0.15) is 5.10 Å². The van der Waals surface area contributed by atoms with Gasteiger partial charge in [-0.25, -0.2) is 14.4 Å². The van der Waals surface area contributed by atoms with Crippen LogP contribution < -0.4 is 15.4 Å². The van der Waals surface area contributed by atoms with Crippen LogP contribution in [0.15, 0.2) is 36.8 Å². The number of nitrogens with zero attached hydrogens (tertiary/aromatic N) is 4. The summed E-state index contributed by atoms with van der Waals surface area (Å²) in [6, 6.07) is 4.99. The highest BCUT2D eigenvalue weighted by atomic mass is 32.1. The molecule has 0 spiro atoms. The number of rotatable bonds is 10. The number of carboxylic acids is 2. The van der Waals surface area contributed by atoms with Crippen molar-refractivity contribution in [3.8, 4) is 16.9 Å². The molecule has 0 atom stereocenters. The highest BCUT2D eigenvalue weighted by molar-refractivity contribution is 7.19. The Morgan fingerprint density at radius 2 is 1.86 bits per heavy atom. The van der Waals surface area contributed by atoms with E-state index in [1.54, 1.807) is 30.7 Å². The van der Waals surface area contributed by atoms with Crippen LogP contribution in [0.1, 0.15) is 56.9 Å². The Balaban J connectivity index is 0.000000381. The minimum absolute atomic E-state index is 0. The molecule has 1 saturated heterocycles. The van der Waals surface area contributed by atoms with Crippen LogP contribution in [0.25, 0.3) is 21.3 Å². The Kier molecular flexibility index (Phi) is 11.7. The number of aromatic nitrogens is 4. The van der Waals surface area contributed by atoms with Crippen LogP contribution in [0.4, 0.5) is 16.0 Å². The van der Waals surface area contributed by atoms with Crippen molar-refractivity contribution in [1.82, 2.24) is 25.1 Å². The smallest absolute Gasteiger partial charge is 0.303 e. The summed E-state index contributed by atoms with van der Waals surface area (Å²) in [6.45, 7) is 4.06. The Labute approximate surface area is 247 Å². The van der Waals surface area contributed by atoms with E-state index in [-0.39, 0.29) is 26.1 Å². The minimum Gasteiger partial charge on any atom is -0.496 e. The quantitative estimate of drug-likeness (QED) is 0.159. The number of aryl methyl sites for hydroxylation is 1.